The monoisotopic (exact) mass is 426 g/mol. The number of amidine groups is 1. The lowest BCUT2D eigenvalue weighted by Crippen LogP contribution is -2.27. The average Bonchev–Trinajstić information content (AvgIpc) is 3.27. The second-order valence-electron chi connectivity index (χ2n) is 7.06. The fourth-order valence-electron chi connectivity index (χ4n) is 3.51. The Morgan fingerprint density at radius 3 is 2.60 bits per heavy atom. The lowest BCUT2D eigenvalue weighted by molar-refractivity contribution is 0.0793. The molecule has 156 valence electrons. The summed E-state index contributed by atoms with van der Waals surface area (Å²) in [6, 6.07) is 10.2. The number of nitrogens with zero attached hydrogens (tertiary/aromatic N) is 3. The van der Waals surface area contributed by atoms with E-state index in [1.807, 2.05) is 11.0 Å². The summed E-state index contributed by atoms with van der Waals surface area (Å²) in [4.78, 5) is 23.1. The molecule has 1 saturated heterocycles. The molecule has 1 aromatic heterocycles. The largest absolute Gasteiger partial charge is 0.508 e. The summed E-state index contributed by atoms with van der Waals surface area (Å²) in [5.74, 6) is 0.680. The minimum atomic E-state index is -0.0612. The SMILES string of the molecule is Cl.N=C(N)c1ccc(O)c(CNc2ncnc3cc(C(=O)N4CCCC4)ccc23)c1. The molecule has 0 saturated carbocycles. The van der Waals surface area contributed by atoms with Crippen LogP contribution in [0.2, 0.25) is 0 Å². The van der Waals surface area contributed by atoms with Crippen LogP contribution >= 0.6 is 12.4 Å². The summed E-state index contributed by atoms with van der Waals surface area (Å²) < 4.78 is 0. The minimum absolute atomic E-state index is 0. The van der Waals surface area contributed by atoms with Crippen LogP contribution < -0.4 is 11.1 Å². The molecule has 4 rings (SSSR count). The number of carbonyl (C=O) groups is 1. The number of aromatic nitrogens is 2. The predicted octanol–water partition coefficient (Wildman–Crippen LogP) is 2.89. The maximum Gasteiger partial charge on any atom is 0.253 e. The molecule has 30 heavy (non-hydrogen) atoms. The molecular formula is C21H23ClN6O2. The number of carbonyl (C=O) groups excluding carboxylic acids is 1. The van der Waals surface area contributed by atoms with Gasteiger partial charge in [0.2, 0.25) is 0 Å². The van der Waals surface area contributed by atoms with Crippen molar-refractivity contribution in [1.29, 1.82) is 5.41 Å². The summed E-state index contributed by atoms with van der Waals surface area (Å²) in [5, 5.41) is 21.6. The van der Waals surface area contributed by atoms with E-state index >= 15 is 0 Å². The molecule has 8 nitrogen and oxygen atoms in total. The van der Waals surface area contributed by atoms with Crippen LogP contribution in [-0.4, -0.2) is 44.8 Å². The molecule has 1 fully saturated rings. The average molecular weight is 427 g/mol. The van der Waals surface area contributed by atoms with E-state index in [2.05, 4.69) is 15.3 Å². The smallest absolute Gasteiger partial charge is 0.253 e. The number of nitrogens with two attached hydrogens (primary N) is 1. The van der Waals surface area contributed by atoms with Gasteiger partial charge in [-0.05, 0) is 49.2 Å². The number of likely N-dealkylation sites (tertiary alicyclic amines) is 1. The van der Waals surface area contributed by atoms with Gasteiger partial charge < -0.3 is 21.1 Å². The van der Waals surface area contributed by atoms with E-state index in [0.717, 1.165) is 31.3 Å². The van der Waals surface area contributed by atoms with E-state index in [0.29, 0.717) is 34.6 Å². The molecule has 1 amide bonds. The molecule has 0 unspecified atom stereocenters. The Labute approximate surface area is 180 Å². The number of fused-ring (bicyclic) bond motifs is 1. The van der Waals surface area contributed by atoms with Crippen molar-refractivity contribution < 1.29 is 9.90 Å². The van der Waals surface area contributed by atoms with E-state index in [1.54, 1.807) is 24.3 Å². The first kappa shape index (κ1) is 21.3. The lowest BCUT2D eigenvalue weighted by atomic mass is 10.1. The molecule has 0 atom stereocenters. The maximum absolute atomic E-state index is 12.6. The van der Waals surface area contributed by atoms with E-state index < -0.39 is 0 Å². The van der Waals surface area contributed by atoms with E-state index in [9.17, 15) is 9.90 Å². The number of amides is 1. The molecular weight excluding hydrogens is 404 g/mol. The number of aromatic hydroxyl groups is 1. The number of halogens is 1. The first-order valence-corrected chi connectivity index (χ1v) is 9.47. The van der Waals surface area contributed by atoms with Crippen molar-refractivity contribution in [2.24, 2.45) is 5.73 Å². The van der Waals surface area contributed by atoms with Gasteiger partial charge in [-0.25, -0.2) is 9.97 Å². The molecule has 9 heteroatoms. The Balaban J connectivity index is 0.00000256. The second-order valence-corrected chi connectivity index (χ2v) is 7.06. The summed E-state index contributed by atoms with van der Waals surface area (Å²) in [6.07, 6.45) is 3.54. The molecule has 1 aliphatic rings. The molecule has 0 radical (unpaired) electrons. The van der Waals surface area contributed by atoms with E-state index in [4.69, 9.17) is 11.1 Å². The van der Waals surface area contributed by atoms with Crippen molar-refractivity contribution in [3.8, 4) is 5.75 Å². The topological polar surface area (TPSA) is 128 Å². The zero-order valence-electron chi connectivity index (χ0n) is 16.3. The zero-order chi connectivity index (χ0) is 20.4. The molecule has 2 aromatic carbocycles. The number of benzene rings is 2. The Morgan fingerprint density at radius 1 is 1.13 bits per heavy atom. The Morgan fingerprint density at radius 2 is 1.87 bits per heavy atom. The lowest BCUT2D eigenvalue weighted by Gasteiger charge is -2.16. The normalized spacial score (nSPS) is 13.1. The van der Waals surface area contributed by atoms with Gasteiger partial charge in [0.1, 0.15) is 23.7 Å². The van der Waals surface area contributed by atoms with Crippen LogP contribution in [0, 0.1) is 5.41 Å². The maximum atomic E-state index is 12.6. The minimum Gasteiger partial charge on any atom is -0.508 e. The van der Waals surface area contributed by atoms with E-state index in [-0.39, 0.29) is 29.9 Å². The summed E-state index contributed by atoms with van der Waals surface area (Å²) in [6.45, 7) is 1.90. The number of nitrogen functional groups attached to an aromatic ring is 1. The van der Waals surface area contributed by atoms with Crippen molar-refractivity contribution in [2.45, 2.75) is 19.4 Å². The highest BCUT2D eigenvalue weighted by Gasteiger charge is 2.20. The molecule has 0 bridgehead atoms. The number of phenolic OH excluding ortho intramolecular Hbond substituents is 1. The third kappa shape index (κ3) is 4.28. The Kier molecular flexibility index (Phi) is 6.37. The van der Waals surface area contributed by atoms with E-state index in [1.165, 1.54) is 12.4 Å². The van der Waals surface area contributed by atoms with Crippen LogP contribution in [0.25, 0.3) is 10.9 Å². The van der Waals surface area contributed by atoms with Gasteiger partial charge >= 0.3 is 0 Å². The van der Waals surface area contributed by atoms with Gasteiger partial charge in [0.25, 0.3) is 5.91 Å². The fourth-order valence-corrected chi connectivity index (χ4v) is 3.51. The van der Waals surface area contributed by atoms with Gasteiger partial charge in [-0.15, -0.1) is 12.4 Å². The number of phenols is 1. The number of hydrogen-bond acceptors (Lipinski definition) is 6. The van der Waals surface area contributed by atoms with Gasteiger partial charge in [-0.1, -0.05) is 0 Å². The molecule has 5 N–H and O–H groups in total. The molecule has 2 heterocycles. The number of nitrogens with one attached hydrogen (secondary N) is 2. The molecule has 3 aromatic rings. The third-order valence-corrected chi connectivity index (χ3v) is 5.11. The highest BCUT2D eigenvalue weighted by atomic mass is 35.5. The van der Waals surface area contributed by atoms with Crippen molar-refractivity contribution in [3.05, 3.63) is 59.4 Å². The molecule has 0 aliphatic carbocycles. The summed E-state index contributed by atoms with van der Waals surface area (Å²) >= 11 is 0. The van der Waals surface area contributed by atoms with Gasteiger partial charge in [0, 0.05) is 41.7 Å². The predicted molar refractivity (Wildman–Crippen MR) is 118 cm³/mol. The fraction of sp³-hybridized carbons (Fsp3) is 0.238. The molecule has 1 aliphatic heterocycles. The van der Waals surface area contributed by atoms with Crippen LogP contribution in [0.5, 0.6) is 5.75 Å². The Bertz CT molecular complexity index is 1100. The summed E-state index contributed by atoms with van der Waals surface area (Å²) in [7, 11) is 0. The number of anilines is 1. The first-order chi connectivity index (χ1) is 14.0. The van der Waals surface area contributed by atoms with Gasteiger partial charge in [-0.3, -0.25) is 10.2 Å². The van der Waals surface area contributed by atoms with Gasteiger partial charge in [-0.2, -0.15) is 0 Å². The van der Waals surface area contributed by atoms with Crippen LogP contribution in [0.15, 0.2) is 42.7 Å². The van der Waals surface area contributed by atoms with Crippen LogP contribution in [0.1, 0.15) is 34.3 Å². The van der Waals surface area contributed by atoms with Gasteiger partial charge in [0.15, 0.2) is 0 Å². The number of hydrogen-bond donors (Lipinski definition) is 4. The summed E-state index contributed by atoms with van der Waals surface area (Å²) in [5.41, 5.74) is 7.97. The van der Waals surface area contributed by atoms with Crippen LogP contribution in [0.3, 0.4) is 0 Å². The van der Waals surface area contributed by atoms with Crippen LogP contribution in [0.4, 0.5) is 5.82 Å². The molecule has 0 spiro atoms. The van der Waals surface area contributed by atoms with Crippen molar-refractivity contribution >= 4 is 40.9 Å². The standard InChI is InChI=1S/C21H22N6O2.ClH/c22-19(23)13-4-6-18(28)15(9-13)11-24-20-16-5-3-14(10-17(16)25-12-26-20)21(29)27-7-1-2-8-27;/h3-6,9-10,12,28H,1-2,7-8,11H2,(H3,22,23)(H,24,25,26);1H. The second kappa shape index (κ2) is 8.96. The third-order valence-electron chi connectivity index (χ3n) is 5.11. The quantitative estimate of drug-likeness (QED) is 0.367. The first-order valence-electron chi connectivity index (χ1n) is 9.47. The van der Waals surface area contributed by atoms with Crippen molar-refractivity contribution in [1.82, 2.24) is 14.9 Å². The highest BCUT2D eigenvalue weighted by molar-refractivity contribution is 6.00. The van der Waals surface area contributed by atoms with Gasteiger partial charge in [0.05, 0.1) is 5.52 Å². The Hall–Kier alpha value is -3.39. The van der Waals surface area contributed by atoms with Crippen molar-refractivity contribution in [3.63, 3.8) is 0 Å². The number of rotatable bonds is 5. The van der Waals surface area contributed by atoms with Crippen molar-refractivity contribution in [2.75, 3.05) is 18.4 Å². The zero-order valence-corrected chi connectivity index (χ0v) is 17.1. The van der Waals surface area contributed by atoms with Crippen LogP contribution in [-0.2, 0) is 6.54 Å². The highest BCUT2D eigenvalue weighted by Crippen LogP contribution is 2.24.